The standard InChI is InChI=1S/C32H41N3O6S/c1-3-5-19-41-26-9-11-27(12-10-26)42(38,39)30-21-33-29-13-8-23(32(37)40-4-2)20-28(29)31(30)34-17-14-24(15-18-34)35-16-6-7-25(36)22-35/h8-13,20-21,24-25,36H,3-7,14-19,22H2,1-2H3. The van der Waals surface area contributed by atoms with Gasteiger partial charge in [0.15, 0.2) is 0 Å². The third-order valence-corrected chi connectivity index (χ3v) is 10.0. The van der Waals surface area contributed by atoms with Crippen molar-refractivity contribution in [2.45, 2.75) is 74.3 Å². The second kappa shape index (κ2) is 13.4. The molecule has 42 heavy (non-hydrogen) atoms. The molecule has 1 atom stereocenters. The summed E-state index contributed by atoms with van der Waals surface area (Å²) in [4.78, 5) is 21.9. The number of ether oxygens (including phenoxy) is 2. The summed E-state index contributed by atoms with van der Waals surface area (Å²) in [7, 11) is -3.96. The number of carbonyl (C=O) groups is 1. The lowest BCUT2D eigenvalue weighted by atomic mass is 9.98. The van der Waals surface area contributed by atoms with Crippen molar-refractivity contribution in [2.75, 3.05) is 44.3 Å². The zero-order valence-electron chi connectivity index (χ0n) is 24.5. The van der Waals surface area contributed by atoms with Gasteiger partial charge >= 0.3 is 5.97 Å². The largest absolute Gasteiger partial charge is 0.494 e. The summed E-state index contributed by atoms with van der Waals surface area (Å²) in [6.45, 7) is 7.61. The zero-order chi connectivity index (χ0) is 29.7. The fourth-order valence-electron chi connectivity index (χ4n) is 5.97. The van der Waals surface area contributed by atoms with Gasteiger partial charge in [-0.3, -0.25) is 9.88 Å². The highest BCUT2D eigenvalue weighted by atomic mass is 32.2. The fraction of sp³-hybridized carbons (Fsp3) is 0.500. The van der Waals surface area contributed by atoms with E-state index in [1.165, 1.54) is 6.20 Å². The molecule has 1 N–H and O–H groups in total. The van der Waals surface area contributed by atoms with E-state index >= 15 is 0 Å². The second-order valence-electron chi connectivity index (χ2n) is 11.1. The highest BCUT2D eigenvalue weighted by molar-refractivity contribution is 7.91. The number of aliphatic hydroxyl groups excluding tert-OH is 1. The highest BCUT2D eigenvalue weighted by Crippen LogP contribution is 2.38. The van der Waals surface area contributed by atoms with Crippen molar-refractivity contribution in [2.24, 2.45) is 0 Å². The van der Waals surface area contributed by atoms with Crippen LogP contribution in [0, 0.1) is 0 Å². The lowest BCUT2D eigenvalue weighted by Crippen LogP contribution is -2.49. The average molecular weight is 596 g/mol. The monoisotopic (exact) mass is 595 g/mol. The lowest BCUT2D eigenvalue weighted by molar-refractivity contribution is 0.0398. The van der Waals surface area contributed by atoms with Gasteiger partial charge in [0.05, 0.1) is 41.0 Å². The van der Waals surface area contributed by atoms with Crippen LogP contribution in [0.1, 0.15) is 62.7 Å². The number of carbonyl (C=O) groups excluding carboxylic acids is 1. The number of piperidine rings is 2. The van der Waals surface area contributed by atoms with Crippen LogP contribution >= 0.6 is 0 Å². The van der Waals surface area contributed by atoms with Crippen LogP contribution in [0.25, 0.3) is 10.9 Å². The molecule has 2 saturated heterocycles. The molecule has 1 unspecified atom stereocenters. The van der Waals surface area contributed by atoms with Crippen molar-refractivity contribution in [3.05, 3.63) is 54.2 Å². The van der Waals surface area contributed by atoms with Gasteiger partial charge in [-0.1, -0.05) is 13.3 Å². The predicted molar refractivity (Wildman–Crippen MR) is 162 cm³/mol. The number of fused-ring (bicyclic) bond motifs is 1. The van der Waals surface area contributed by atoms with Gasteiger partial charge in [0.1, 0.15) is 10.6 Å². The van der Waals surface area contributed by atoms with Gasteiger partial charge in [-0.2, -0.15) is 0 Å². The van der Waals surface area contributed by atoms with E-state index in [0.717, 1.165) is 45.1 Å². The van der Waals surface area contributed by atoms with E-state index in [2.05, 4.69) is 21.7 Å². The van der Waals surface area contributed by atoms with Crippen molar-refractivity contribution in [3.63, 3.8) is 0 Å². The van der Waals surface area contributed by atoms with Crippen molar-refractivity contribution in [1.82, 2.24) is 9.88 Å². The molecule has 2 aliphatic rings. The second-order valence-corrected chi connectivity index (χ2v) is 13.0. The number of aromatic nitrogens is 1. The molecular formula is C32H41N3O6S. The van der Waals surface area contributed by atoms with Gasteiger partial charge in [-0.15, -0.1) is 0 Å². The molecule has 0 spiro atoms. The van der Waals surface area contributed by atoms with Gasteiger partial charge in [0.25, 0.3) is 0 Å². The number of pyridine rings is 1. The van der Waals surface area contributed by atoms with E-state index in [4.69, 9.17) is 9.47 Å². The van der Waals surface area contributed by atoms with Gasteiger partial charge in [-0.05, 0) is 88.0 Å². The van der Waals surface area contributed by atoms with Gasteiger partial charge in [-0.25, -0.2) is 13.2 Å². The molecular weight excluding hydrogens is 554 g/mol. The number of hydrogen-bond acceptors (Lipinski definition) is 9. The maximum Gasteiger partial charge on any atom is 0.338 e. The summed E-state index contributed by atoms with van der Waals surface area (Å²) in [6, 6.07) is 12.0. The smallest absolute Gasteiger partial charge is 0.338 e. The Hall–Kier alpha value is -3.21. The van der Waals surface area contributed by atoms with Crippen LogP contribution in [0.2, 0.25) is 0 Å². The van der Waals surface area contributed by atoms with Crippen molar-refractivity contribution in [3.8, 4) is 5.75 Å². The van der Waals surface area contributed by atoms with E-state index in [0.29, 0.717) is 60.2 Å². The molecule has 0 aliphatic carbocycles. The molecule has 0 amide bonds. The minimum atomic E-state index is -3.96. The van der Waals surface area contributed by atoms with Crippen LogP contribution in [-0.2, 0) is 14.6 Å². The molecule has 2 aliphatic heterocycles. The SMILES string of the molecule is CCCCOc1ccc(S(=O)(=O)c2cnc3ccc(C(=O)OCC)cc3c2N2CCC(N3CCCC(O)C3)CC2)cc1. The first-order valence-corrected chi connectivity index (χ1v) is 16.5. The first-order chi connectivity index (χ1) is 20.3. The van der Waals surface area contributed by atoms with E-state index in [1.54, 1.807) is 49.4 Å². The summed E-state index contributed by atoms with van der Waals surface area (Å²) in [6.07, 6.45) is 6.60. The molecule has 1 aromatic heterocycles. The average Bonchev–Trinajstić information content (AvgIpc) is 3.01. The molecule has 0 saturated carbocycles. The van der Waals surface area contributed by atoms with E-state index in [1.807, 2.05) is 0 Å². The maximum atomic E-state index is 14.1. The number of benzene rings is 2. The normalized spacial score (nSPS) is 18.7. The number of sulfone groups is 1. The third kappa shape index (κ3) is 6.55. The molecule has 3 heterocycles. The third-order valence-electron chi connectivity index (χ3n) is 8.23. The van der Waals surface area contributed by atoms with E-state index in [-0.39, 0.29) is 22.5 Å². The summed E-state index contributed by atoms with van der Waals surface area (Å²) in [5.74, 6) is 0.169. The highest BCUT2D eigenvalue weighted by Gasteiger charge is 2.32. The summed E-state index contributed by atoms with van der Waals surface area (Å²) in [5.41, 5.74) is 1.53. The molecule has 2 aromatic carbocycles. The molecule has 226 valence electrons. The number of rotatable bonds is 10. The first-order valence-electron chi connectivity index (χ1n) is 15.1. The predicted octanol–water partition coefficient (Wildman–Crippen LogP) is 4.85. The Morgan fingerprint density at radius 3 is 2.50 bits per heavy atom. The summed E-state index contributed by atoms with van der Waals surface area (Å²) < 4.78 is 39.3. The minimum absolute atomic E-state index is 0.113. The number of unbranched alkanes of at least 4 members (excludes halogenated alkanes) is 1. The van der Waals surface area contributed by atoms with Crippen LogP contribution in [0.15, 0.2) is 58.5 Å². The van der Waals surface area contributed by atoms with Gasteiger partial charge in [0, 0.05) is 37.3 Å². The number of aliphatic hydroxyl groups is 1. The first kappa shape index (κ1) is 30.3. The molecule has 0 radical (unpaired) electrons. The number of β-amino-alcohol motifs (C(OH)–C–C–N with tert-alkyl or cyclic N) is 1. The Bertz CT molecular complexity index is 1490. The van der Waals surface area contributed by atoms with Crippen LogP contribution < -0.4 is 9.64 Å². The minimum Gasteiger partial charge on any atom is -0.494 e. The van der Waals surface area contributed by atoms with Gasteiger partial charge in [0.2, 0.25) is 9.84 Å². The zero-order valence-corrected chi connectivity index (χ0v) is 25.3. The Kier molecular flexibility index (Phi) is 9.65. The Morgan fingerprint density at radius 2 is 1.81 bits per heavy atom. The number of esters is 1. The van der Waals surface area contributed by atoms with E-state index < -0.39 is 15.8 Å². The molecule has 2 fully saturated rings. The quantitative estimate of drug-likeness (QED) is 0.260. The molecule has 0 bridgehead atoms. The lowest BCUT2D eigenvalue weighted by Gasteiger charge is -2.42. The van der Waals surface area contributed by atoms with Crippen LogP contribution in [0.5, 0.6) is 5.75 Å². The summed E-state index contributed by atoms with van der Waals surface area (Å²) in [5, 5.41) is 10.8. The Balaban J connectivity index is 1.52. The van der Waals surface area contributed by atoms with E-state index in [9.17, 15) is 18.3 Å². The maximum absolute atomic E-state index is 14.1. The number of hydrogen-bond donors (Lipinski definition) is 1. The van der Waals surface area contributed by atoms with Crippen LogP contribution in [-0.4, -0.2) is 80.9 Å². The number of nitrogens with zero attached hydrogens (tertiary/aromatic N) is 3. The molecule has 9 nitrogen and oxygen atoms in total. The Morgan fingerprint density at radius 1 is 1.05 bits per heavy atom. The van der Waals surface area contributed by atoms with Crippen LogP contribution in [0.3, 0.4) is 0 Å². The number of anilines is 1. The number of likely N-dealkylation sites (tertiary alicyclic amines) is 1. The molecule has 10 heteroatoms. The summed E-state index contributed by atoms with van der Waals surface area (Å²) >= 11 is 0. The van der Waals surface area contributed by atoms with Gasteiger partial charge < -0.3 is 19.5 Å². The molecule has 3 aromatic rings. The van der Waals surface area contributed by atoms with Crippen molar-refractivity contribution >= 4 is 32.4 Å². The topological polar surface area (TPSA) is 109 Å². The molecule has 5 rings (SSSR count). The fourth-order valence-corrected chi connectivity index (χ4v) is 7.40. The van der Waals surface area contributed by atoms with Crippen molar-refractivity contribution in [1.29, 1.82) is 0 Å². The van der Waals surface area contributed by atoms with Crippen molar-refractivity contribution < 1.29 is 27.8 Å². The van der Waals surface area contributed by atoms with Crippen LogP contribution in [0.4, 0.5) is 5.69 Å². The Labute approximate surface area is 248 Å².